The zero-order valence-corrected chi connectivity index (χ0v) is 11.9. The third-order valence-corrected chi connectivity index (χ3v) is 4.20. The fourth-order valence-electron chi connectivity index (χ4n) is 1.93. The fraction of sp³-hybridized carbons (Fsp3) is 0.214. The number of nitrogens with one attached hydrogen (secondary N) is 1. The van der Waals surface area contributed by atoms with Gasteiger partial charge in [0.25, 0.3) is 0 Å². The van der Waals surface area contributed by atoms with Gasteiger partial charge in [0.15, 0.2) is 5.65 Å². The van der Waals surface area contributed by atoms with Crippen LogP contribution in [0, 0.1) is 6.92 Å². The first-order valence-corrected chi connectivity index (χ1v) is 7.31. The average Bonchev–Trinajstić information content (AvgIpc) is 2.94. The third-order valence-electron chi connectivity index (χ3n) is 3.09. The van der Waals surface area contributed by atoms with E-state index in [-0.39, 0.29) is 6.04 Å². The first-order chi connectivity index (χ1) is 9.74. The topological polar surface area (TPSA) is 80.5 Å². The summed E-state index contributed by atoms with van der Waals surface area (Å²) in [6.45, 7) is 2.07. The molecular formula is C14H15N5S. The highest BCUT2D eigenvalue weighted by molar-refractivity contribution is 7.99. The van der Waals surface area contributed by atoms with Crippen molar-refractivity contribution in [2.45, 2.75) is 18.0 Å². The highest BCUT2D eigenvalue weighted by Crippen LogP contribution is 2.25. The number of benzene rings is 1. The molecule has 3 N–H and O–H groups in total. The highest BCUT2D eigenvalue weighted by Gasteiger charge is 2.10. The number of fused-ring (bicyclic) bond motifs is 1. The molecule has 0 saturated heterocycles. The number of thioether (sulfide) groups is 1. The summed E-state index contributed by atoms with van der Waals surface area (Å²) in [5.74, 6) is 0.758. The molecule has 3 rings (SSSR count). The van der Waals surface area contributed by atoms with Crippen LogP contribution in [0.1, 0.15) is 17.2 Å². The van der Waals surface area contributed by atoms with Gasteiger partial charge in [0, 0.05) is 11.8 Å². The van der Waals surface area contributed by atoms with Crippen molar-refractivity contribution < 1.29 is 0 Å². The van der Waals surface area contributed by atoms with Crippen LogP contribution in [0.4, 0.5) is 0 Å². The molecule has 0 radical (unpaired) electrons. The number of imidazole rings is 1. The maximum absolute atomic E-state index is 6.22. The maximum atomic E-state index is 6.22. The van der Waals surface area contributed by atoms with Crippen molar-refractivity contribution in [3.05, 3.63) is 48.0 Å². The van der Waals surface area contributed by atoms with E-state index in [1.54, 1.807) is 18.1 Å². The average molecular weight is 285 g/mol. The Bertz CT molecular complexity index is 707. The Labute approximate surface area is 121 Å². The van der Waals surface area contributed by atoms with Gasteiger partial charge in [0.1, 0.15) is 16.9 Å². The zero-order chi connectivity index (χ0) is 13.9. The van der Waals surface area contributed by atoms with E-state index in [4.69, 9.17) is 5.73 Å². The Morgan fingerprint density at radius 2 is 2.00 bits per heavy atom. The Morgan fingerprint density at radius 1 is 1.20 bits per heavy atom. The summed E-state index contributed by atoms with van der Waals surface area (Å²) in [7, 11) is 0. The molecule has 3 aromatic rings. The lowest BCUT2D eigenvalue weighted by Crippen LogP contribution is -2.13. The predicted molar refractivity (Wildman–Crippen MR) is 80.5 cm³/mol. The Morgan fingerprint density at radius 3 is 2.80 bits per heavy atom. The fourth-order valence-corrected chi connectivity index (χ4v) is 2.88. The van der Waals surface area contributed by atoms with Crippen molar-refractivity contribution in [2.24, 2.45) is 5.73 Å². The quantitative estimate of drug-likeness (QED) is 0.568. The van der Waals surface area contributed by atoms with Crippen LogP contribution in [0.3, 0.4) is 0 Å². The van der Waals surface area contributed by atoms with Crippen LogP contribution < -0.4 is 5.73 Å². The van der Waals surface area contributed by atoms with Gasteiger partial charge in [-0.15, -0.1) is 11.8 Å². The minimum atomic E-state index is -0.0199. The standard InChI is InChI=1S/C14H15N5S/c1-9-2-4-10(5-3-9)11(15)6-20-14-12-13(17-7-16-12)18-8-19-14/h2-5,7-8,11H,6,15H2,1H3,(H,16,17,18,19). The summed E-state index contributed by atoms with van der Waals surface area (Å²) in [6.07, 6.45) is 3.16. The van der Waals surface area contributed by atoms with Crippen molar-refractivity contribution in [3.8, 4) is 0 Å². The lowest BCUT2D eigenvalue weighted by Gasteiger charge is -2.11. The van der Waals surface area contributed by atoms with Gasteiger partial charge in [-0.05, 0) is 12.5 Å². The molecule has 6 heteroatoms. The molecule has 1 unspecified atom stereocenters. The lowest BCUT2D eigenvalue weighted by atomic mass is 10.1. The van der Waals surface area contributed by atoms with Gasteiger partial charge in [-0.1, -0.05) is 29.8 Å². The van der Waals surface area contributed by atoms with Gasteiger partial charge in [-0.2, -0.15) is 0 Å². The molecule has 0 bridgehead atoms. The van der Waals surface area contributed by atoms with Crippen molar-refractivity contribution >= 4 is 22.9 Å². The lowest BCUT2D eigenvalue weighted by molar-refractivity contribution is 0.829. The highest BCUT2D eigenvalue weighted by atomic mass is 32.2. The van der Waals surface area contributed by atoms with Gasteiger partial charge < -0.3 is 10.7 Å². The normalized spacial score (nSPS) is 12.7. The summed E-state index contributed by atoms with van der Waals surface area (Å²) >= 11 is 1.61. The molecule has 1 atom stereocenters. The largest absolute Gasteiger partial charge is 0.341 e. The van der Waals surface area contributed by atoms with Crippen molar-refractivity contribution in [1.82, 2.24) is 19.9 Å². The molecule has 0 aliphatic rings. The van der Waals surface area contributed by atoms with Crippen LogP contribution in [0.25, 0.3) is 11.2 Å². The number of hydrogen-bond acceptors (Lipinski definition) is 5. The van der Waals surface area contributed by atoms with E-state index in [1.165, 1.54) is 11.9 Å². The summed E-state index contributed by atoms with van der Waals surface area (Å²) in [5, 5.41) is 0.884. The van der Waals surface area contributed by atoms with Crippen LogP contribution in [0.2, 0.25) is 0 Å². The molecule has 2 aromatic heterocycles. The minimum absolute atomic E-state index is 0.0199. The van der Waals surface area contributed by atoms with Crippen LogP contribution in [0.5, 0.6) is 0 Å². The zero-order valence-electron chi connectivity index (χ0n) is 11.1. The number of aryl methyl sites for hydroxylation is 1. The summed E-state index contributed by atoms with van der Waals surface area (Å²) in [4.78, 5) is 15.6. The first-order valence-electron chi connectivity index (χ1n) is 6.33. The van der Waals surface area contributed by atoms with E-state index in [1.807, 2.05) is 0 Å². The van der Waals surface area contributed by atoms with Gasteiger partial charge in [-0.3, -0.25) is 0 Å². The first kappa shape index (κ1) is 13.1. The molecule has 102 valence electrons. The van der Waals surface area contributed by atoms with E-state index >= 15 is 0 Å². The van der Waals surface area contributed by atoms with Crippen molar-refractivity contribution in [1.29, 1.82) is 0 Å². The third kappa shape index (κ3) is 2.66. The van der Waals surface area contributed by atoms with Crippen molar-refractivity contribution in [3.63, 3.8) is 0 Å². The number of nitrogens with zero attached hydrogens (tertiary/aromatic N) is 3. The number of rotatable bonds is 4. The van der Waals surface area contributed by atoms with E-state index in [9.17, 15) is 0 Å². The van der Waals surface area contributed by atoms with E-state index in [0.29, 0.717) is 5.65 Å². The van der Waals surface area contributed by atoms with Crippen molar-refractivity contribution in [2.75, 3.05) is 5.75 Å². The summed E-state index contributed by atoms with van der Waals surface area (Å²) < 4.78 is 0. The molecule has 0 fully saturated rings. The second-order valence-corrected chi connectivity index (χ2v) is 5.62. The molecule has 5 nitrogen and oxygen atoms in total. The monoisotopic (exact) mass is 285 g/mol. The van der Waals surface area contributed by atoms with Crippen LogP contribution >= 0.6 is 11.8 Å². The number of aromatic nitrogens is 4. The predicted octanol–water partition coefficient (Wildman–Crippen LogP) is 2.45. The van der Waals surface area contributed by atoms with E-state index in [0.717, 1.165) is 21.9 Å². The van der Waals surface area contributed by atoms with Crippen LogP contribution in [0.15, 0.2) is 41.9 Å². The molecule has 0 aliphatic heterocycles. The SMILES string of the molecule is Cc1ccc(C(N)CSc2ncnc3nc[nH]c23)cc1. The Hall–Kier alpha value is -1.92. The number of H-pyrrole nitrogens is 1. The van der Waals surface area contributed by atoms with Gasteiger partial charge in [0.2, 0.25) is 0 Å². The van der Waals surface area contributed by atoms with Gasteiger partial charge >= 0.3 is 0 Å². The minimum Gasteiger partial charge on any atom is -0.341 e. The maximum Gasteiger partial charge on any atom is 0.181 e. The molecule has 0 spiro atoms. The number of aromatic amines is 1. The molecule has 20 heavy (non-hydrogen) atoms. The molecular weight excluding hydrogens is 270 g/mol. The molecule has 2 heterocycles. The second-order valence-electron chi connectivity index (χ2n) is 4.61. The Balaban J connectivity index is 1.73. The van der Waals surface area contributed by atoms with Gasteiger partial charge in [0.05, 0.1) is 6.33 Å². The summed E-state index contributed by atoms with van der Waals surface area (Å²) in [6, 6.07) is 8.29. The van der Waals surface area contributed by atoms with Crippen LogP contribution in [-0.4, -0.2) is 25.7 Å². The van der Waals surface area contributed by atoms with E-state index in [2.05, 4.69) is 51.1 Å². The van der Waals surface area contributed by atoms with Gasteiger partial charge in [-0.25, -0.2) is 15.0 Å². The molecule has 0 amide bonds. The molecule has 1 aromatic carbocycles. The molecule has 0 aliphatic carbocycles. The number of nitrogens with two attached hydrogens (primary N) is 1. The van der Waals surface area contributed by atoms with E-state index < -0.39 is 0 Å². The smallest absolute Gasteiger partial charge is 0.181 e. The summed E-state index contributed by atoms with van der Waals surface area (Å²) in [5.41, 5.74) is 10.2. The molecule has 0 saturated carbocycles. The van der Waals surface area contributed by atoms with Crippen LogP contribution in [-0.2, 0) is 0 Å². The Kier molecular flexibility index (Phi) is 3.66. The number of hydrogen-bond donors (Lipinski definition) is 2. The second kappa shape index (κ2) is 5.60.